The maximum Gasteiger partial charge on any atom is 0.371 e. The summed E-state index contributed by atoms with van der Waals surface area (Å²) in [7, 11) is 1.73. The van der Waals surface area contributed by atoms with E-state index in [2.05, 4.69) is 12.2 Å². The second-order valence-electron chi connectivity index (χ2n) is 7.46. The third kappa shape index (κ3) is 6.23. The van der Waals surface area contributed by atoms with Crippen LogP contribution in [0.2, 0.25) is 0 Å². The number of aliphatic carboxylic acids is 1. The van der Waals surface area contributed by atoms with Crippen molar-refractivity contribution in [3.8, 4) is 11.1 Å². The number of urea groups is 1. The average molecular weight is 445 g/mol. The van der Waals surface area contributed by atoms with Crippen molar-refractivity contribution in [1.82, 2.24) is 0 Å². The molecular weight excluding hydrogens is 416 g/mol. The molecule has 0 spiro atoms. The number of benzene rings is 3. The Balaban J connectivity index is 1.75. The van der Waals surface area contributed by atoms with Gasteiger partial charge in [0.2, 0.25) is 5.76 Å². The zero-order valence-corrected chi connectivity index (χ0v) is 19.0. The minimum atomic E-state index is -1.10. The third-order valence-corrected chi connectivity index (χ3v) is 5.20. The number of anilines is 2. The Labute approximate surface area is 194 Å². The van der Waals surface area contributed by atoms with Gasteiger partial charge in [-0.1, -0.05) is 55.5 Å². The summed E-state index contributed by atoms with van der Waals surface area (Å²) < 4.78 is 5.16. The Morgan fingerprint density at radius 2 is 1.67 bits per heavy atom. The van der Waals surface area contributed by atoms with Gasteiger partial charge >= 0.3 is 12.0 Å². The molecule has 170 valence electrons. The highest BCUT2D eigenvalue weighted by molar-refractivity contribution is 6.01. The number of nitrogens with zero attached hydrogens (tertiary/aromatic N) is 1. The van der Waals surface area contributed by atoms with E-state index >= 15 is 0 Å². The van der Waals surface area contributed by atoms with Crippen LogP contribution in [0.5, 0.6) is 0 Å². The smallest absolute Gasteiger partial charge is 0.371 e. The van der Waals surface area contributed by atoms with E-state index in [0.717, 1.165) is 34.5 Å². The van der Waals surface area contributed by atoms with E-state index in [1.165, 1.54) is 11.6 Å². The summed E-state index contributed by atoms with van der Waals surface area (Å²) >= 11 is 0. The van der Waals surface area contributed by atoms with E-state index in [0.29, 0.717) is 0 Å². The van der Waals surface area contributed by atoms with Crippen molar-refractivity contribution in [3.63, 3.8) is 0 Å². The quantitative estimate of drug-likeness (QED) is 0.328. The third-order valence-electron chi connectivity index (χ3n) is 5.20. The minimum absolute atomic E-state index is 0.0933. The maximum atomic E-state index is 12.7. The van der Waals surface area contributed by atoms with Crippen LogP contribution >= 0.6 is 0 Å². The van der Waals surface area contributed by atoms with Gasteiger partial charge in [0, 0.05) is 18.4 Å². The van der Waals surface area contributed by atoms with Gasteiger partial charge in [-0.2, -0.15) is 0 Å². The Hall–Kier alpha value is -4.06. The monoisotopic (exact) mass is 444 g/mol. The molecule has 0 radical (unpaired) electrons. The molecule has 3 rings (SSSR count). The molecule has 0 saturated heterocycles. The van der Waals surface area contributed by atoms with Gasteiger partial charge in [0.1, 0.15) is 0 Å². The number of ether oxygens (including phenoxy) is 1. The molecule has 6 nitrogen and oxygen atoms in total. The number of carboxylic acid groups (broad SMARTS) is 1. The van der Waals surface area contributed by atoms with Crippen LogP contribution in [0.1, 0.15) is 25.0 Å². The zero-order valence-electron chi connectivity index (χ0n) is 19.0. The summed E-state index contributed by atoms with van der Waals surface area (Å²) in [5.41, 5.74) is 5.34. The molecule has 0 fully saturated rings. The second kappa shape index (κ2) is 11.0. The van der Waals surface area contributed by atoms with Crippen molar-refractivity contribution < 1.29 is 19.4 Å². The molecule has 0 aliphatic heterocycles. The summed E-state index contributed by atoms with van der Waals surface area (Å²) in [6.45, 7) is 4.12. The van der Waals surface area contributed by atoms with Gasteiger partial charge in [0.05, 0.1) is 6.61 Å². The summed E-state index contributed by atoms with van der Waals surface area (Å²) in [6.07, 6.45) is 2.45. The first-order valence-electron chi connectivity index (χ1n) is 10.8. The van der Waals surface area contributed by atoms with E-state index in [9.17, 15) is 14.7 Å². The topological polar surface area (TPSA) is 78.9 Å². The van der Waals surface area contributed by atoms with Crippen LogP contribution < -0.4 is 10.2 Å². The van der Waals surface area contributed by atoms with Gasteiger partial charge < -0.3 is 15.2 Å². The lowest BCUT2D eigenvalue weighted by atomic mass is 10.0. The number of carboxylic acids is 1. The fourth-order valence-electron chi connectivity index (χ4n) is 3.29. The lowest BCUT2D eigenvalue weighted by molar-refractivity contribution is -0.136. The molecule has 0 aliphatic rings. The molecule has 0 saturated carbocycles. The predicted molar refractivity (Wildman–Crippen MR) is 132 cm³/mol. The largest absolute Gasteiger partial charge is 0.487 e. The van der Waals surface area contributed by atoms with Gasteiger partial charge in [0.15, 0.2) is 0 Å². The molecule has 2 amide bonds. The number of aryl methyl sites for hydroxylation is 1. The van der Waals surface area contributed by atoms with E-state index < -0.39 is 5.97 Å². The molecule has 3 aromatic rings. The number of nitrogens with one attached hydrogen (secondary N) is 1. The van der Waals surface area contributed by atoms with Gasteiger partial charge in [-0.3, -0.25) is 4.90 Å². The van der Waals surface area contributed by atoms with Crippen molar-refractivity contribution in [3.05, 3.63) is 89.7 Å². The second-order valence-corrected chi connectivity index (χ2v) is 7.46. The number of hydrogen-bond donors (Lipinski definition) is 2. The first-order chi connectivity index (χ1) is 15.9. The minimum Gasteiger partial charge on any atom is -0.487 e. The fraction of sp³-hybridized carbons (Fsp3) is 0.185. The summed E-state index contributed by atoms with van der Waals surface area (Å²) in [5, 5.41) is 12.1. The van der Waals surface area contributed by atoms with E-state index in [-0.39, 0.29) is 18.4 Å². The molecule has 3 aromatic carbocycles. The van der Waals surface area contributed by atoms with E-state index in [1.54, 1.807) is 18.9 Å². The summed E-state index contributed by atoms with van der Waals surface area (Å²) in [5.74, 6) is -1.19. The molecule has 6 heteroatoms. The van der Waals surface area contributed by atoms with Crippen LogP contribution in [0.4, 0.5) is 16.2 Å². The van der Waals surface area contributed by atoms with Crippen LogP contribution in [0.15, 0.2) is 78.6 Å². The van der Waals surface area contributed by atoms with Gasteiger partial charge in [-0.25, -0.2) is 9.59 Å². The zero-order chi connectivity index (χ0) is 23.8. The summed E-state index contributed by atoms with van der Waals surface area (Å²) in [6, 6.07) is 22.7. The SMILES string of the molecule is CCO/C(=C\c1ccc(-c2cccc(N(C)C(=O)Nc3ccc(CC)cc3)c2)cc1)C(=O)O. The standard InChI is InChI=1S/C27H28N2O4/c1-4-19-11-15-23(16-12-19)28-27(32)29(3)24-8-6-7-22(18-24)21-13-9-20(10-14-21)17-25(26(30)31)33-5-2/h6-18H,4-5H2,1-3H3,(H,28,32)(H,30,31)/b25-17-. The highest BCUT2D eigenvalue weighted by atomic mass is 16.5. The van der Waals surface area contributed by atoms with Crippen molar-refractivity contribution >= 4 is 29.5 Å². The highest BCUT2D eigenvalue weighted by Crippen LogP contribution is 2.26. The first kappa shape index (κ1) is 23.6. The molecule has 2 N–H and O–H groups in total. The summed E-state index contributed by atoms with van der Waals surface area (Å²) in [4.78, 5) is 25.5. The van der Waals surface area contributed by atoms with Gasteiger partial charge in [-0.15, -0.1) is 0 Å². The van der Waals surface area contributed by atoms with Gasteiger partial charge in [-0.05, 0) is 65.9 Å². The fourth-order valence-corrected chi connectivity index (χ4v) is 3.29. The first-order valence-corrected chi connectivity index (χ1v) is 10.8. The van der Waals surface area contributed by atoms with E-state index in [4.69, 9.17) is 4.74 Å². The van der Waals surface area contributed by atoms with Crippen LogP contribution in [0.25, 0.3) is 17.2 Å². The van der Waals surface area contributed by atoms with Crippen LogP contribution in [-0.4, -0.2) is 30.8 Å². The lowest BCUT2D eigenvalue weighted by Crippen LogP contribution is -2.31. The van der Waals surface area contributed by atoms with Gasteiger partial charge in [0.25, 0.3) is 0 Å². The van der Waals surface area contributed by atoms with Crippen molar-refractivity contribution in [2.24, 2.45) is 0 Å². The predicted octanol–water partition coefficient (Wildman–Crippen LogP) is 6.05. The Morgan fingerprint density at radius 3 is 2.27 bits per heavy atom. The maximum absolute atomic E-state index is 12.7. The van der Waals surface area contributed by atoms with Crippen LogP contribution in [0, 0.1) is 0 Å². The molecule has 0 aromatic heterocycles. The molecule has 0 aliphatic carbocycles. The van der Waals surface area contributed by atoms with Crippen LogP contribution in [0.3, 0.4) is 0 Å². The Kier molecular flexibility index (Phi) is 7.86. The lowest BCUT2D eigenvalue weighted by Gasteiger charge is -2.19. The number of amides is 2. The molecule has 0 bridgehead atoms. The molecule has 0 unspecified atom stereocenters. The van der Waals surface area contributed by atoms with Crippen molar-refractivity contribution in [2.45, 2.75) is 20.3 Å². The molecular formula is C27H28N2O4. The number of rotatable bonds is 8. The number of carbonyl (C=O) groups is 2. The number of carbonyl (C=O) groups excluding carboxylic acids is 1. The highest BCUT2D eigenvalue weighted by Gasteiger charge is 2.12. The molecule has 0 atom stereocenters. The molecule has 0 heterocycles. The Morgan fingerprint density at radius 1 is 0.970 bits per heavy atom. The normalized spacial score (nSPS) is 11.1. The Bertz CT molecular complexity index is 1140. The van der Waals surface area contributed by atoms with E-state index in [1.807, 2.05) is 72.8 Å². The average Bonchev–Trinajstić information content (AvgIpc) is 2.84. The van der Waals surface area contributed by atoms with Crippen molar-refractivity contribution in [1.29, 1.82) is 0 Å². The molecule has 33 heavy (non-hydrogen) atoms. The van der Waals surface area contributed by atoms with Crippen molar-refractivity contribution in [2.75, 3.05) is 23.9 Å². The van der Waals surface area contributed by atoms with Crippen LogP contribution in [-0.2, 0) is 16.0 Å². The number of hydrogen-bond acceptors (Lipinski definition) is 3.